The zero-order chi connectivity index (χ0) is 21.7. The Bertz CT molecular complexity index is 982. The molecule has 0 spiro atoms. The van der Waals surface area contributed by atoms with Gasteiger partial charge in [-0.05, 0) is 62.0 Å². The van der Waals surface area contributed by atoms with Crippen LogP contribution in [0.2, 0.25) is 0 Å². The molecule has 31 heavy (non-hydrogen) atoms. The molecule has 2 aliphatic rings. The van der Waals surface area contributed by atoms with E-state index >= 15 is 0 Å². The van der Waals surface area contributed by atoms with Crippen molar-refractivity contribution in [2.75, 3.05) is 26.2 Å². The van der Waals surface area contributed by atoms with E-state index in [9.17, 15) is 13.2 Å². The van der Waals surface area contributed by atoms with E-state index < -0.39 is 10.0 Å². The molecule has 1 atom stereocenters. The lowest BCUT2D eigenvalue weighted by Gasteiger charge is -2.27. The molecule has 1 unspecified atom stereocenters. The minimum Gasteiger partial charge on any atom is -0.350 e. The quantitative estimate of drug-likeness (QED) is 0.716. The highest BCUT2D eigenvalue weighted by Gasteiger charge is 2.30. The number of rotatable bonds is 7. The Labute approximate surface area is 185 Å². The van der Waals surface area contributed by atoms with Crippen molar-refractivity contribution in [2.24, 2.45) is 0 Å². The summed E-state index contributed by atoms with van der Waals surface area (Å²) in [4.78, 5) is 15.7. The highest BCUT2D eigenvalue weighted by molar-refractivity contribution is 7.89. The molecular weight excluding hydrogens is 410 g/mol. The molecule has 1 N–H and O–H groups in total. The number of carbonyl (C=O) groups is 1. The Hall–Kier alpha value is -2.22. The van der Waals surface area contributed by atoms with Crippen molar-refractivity contribution >= 4 is 15.9 Å². The zero-order valence-electron chi connectivity index (χ0n) is 17.9. The lowest BCUT2D eigenvalue weighted by atomic mass is 10.0. The van der Waals surface area contributed by atoms with Crippen LogP contribution in [0.4, 0.5) is 0 Å². The second-order valence-electron chi connectivity index (χ2n) is 8.39. The number of hydrogen-bond acceptors (Lipinski definition) is 4. The Balaban J connectivity index is 1.47. The minimum absolute atomic E-state index is 0.0441. The zero-order valence-corrected chi connectivity index (χ0v) is 18.7. The Kier molecular flexibility index (Phi) is 7.05. The summed E-state index contributed by atoms with van der Waals surface area (Å²) < 4.78 is 27.5. The molecule has 0 saturated carbocycles. The van der Waals surface area contributed by atoms with Crippen LogP contribution in [0, 0.1) is 0 Å². The summed E-state index contributed by atoms with van der Waals surface area (Å²) in [5.74, 6) is -0.0441. The van der Waals surface area contributed by atoms with Gasteiger partial charge in [-0.15, -0.1) is 0 Å². The number of nitrogens with one attached hydrogen (secondary N) is 1. The van der Waals surface area contributed by atoms with E-state index in [0.29, 0.717) is 24.5 Å². The maximum Gasteiger partial charge on any atom is 0.243 e. The number of nitrogens with zero attached hydrogens (tertiary/aromatic N) is 2. The third-order valence-electron chi connectivity index (χ3n) is 6.19. The van der Waals surface area contributed by atoms with Gasteiger partial charge in [0.15, 0.2) is 0 Å². The van der Waals surface area contributed by atoms with E-state index in [0.717, 1.165) is 56.3 Å². The predicted octanol–water partition coefficient (Wildman–Crippen LogP) is 3.31. The minimum atomic E-state index is -3.48. The molecule has 0 radical (unpaired) electrons. The highest BCUT2D eigenvalue weighted by atomic mass is 32.2. The lowest BCUT2D eigenvalue weighted by Crippen LogP contribution is -2.39. The number of likely N-dealkylation sites (tertiary alicyclic amines) is 1. The average molecular weight is 442 g/mol. The molecule has 2 saturated heterocycles. The van der Waals surface area contributed by atoms with Crippen LogP contribution in [0.5, 0.6) is 0 Å². The molecule has 6 nitrogen and oxygen atoms in total. The van der Waals surface area contributed by atoms with Crippen LogP contribution in [-0.4, -0.2) is 49.7 Å². The van der Waals surface area contributed by atoms with Crippen LogP contribution < -0.4 is 5.32 Å². The van der Waals surface area contributed by atoms with Gasteiger partial charge in [-0.25, -0.2) is 8.42 Å². The van der Waals surface area contributed by atoms with Gasteiger partial charge in [0, 0.05) is 19.6 Å². The van der Waals surface area contributed by atoms with E-state index in [1.54, 1.807) is 22.5 Å². The molecule has 4 rings (SSSR count). The number of benzene rings is 2. The fourth-order valence-corrected chi connectivity index (χ4v) is 6.11. The molecule has 2 aromatic carbocycles. The second kappa shape index (κ2) is 9.94. The van der Waals surface area contributed by atoms with Gasteiger partial charge in [0.1, 0.15) is 6.04 Å². The smallest absolute Gasteiger partial charge is 0.243 e. The first kappa shape index (κ1) is 22.0. The standard InChI is InChI=1S/C24H31N3O3S/c28-24(23(26-14-7-8-15-26)21-11-3-1-4-12-21)25-19-20-10-9-13-22(18-20)31(29,30)27-16-5-2-6-17-27/h1,3-4,9-13,18,23H,2,5-8,14-17,19H2,(H,25,28). The van der Waals surface area contributed by atoms with Crippen molar-refractivity contribution in [1.29, 1.82) is 0 Å². The lowest BCUT2D eigenvalue weighted by molar-refractivity contribution is -0.126. The van der Waals surface area contributed by atoms with Crippen LogP contribution in [0.1, 0.15) is 49.3 Å². The maximum atomic E-state index is 13.2. The molecule has 2 aliphatic heterocycles. The fraction of sp³-hybridized carbons (Fsp3) is 0.458. The van der Waals surface area contributed by atoms with Crippen LogP contribution in [0.25, 0.3) is 0 Å². The summed E-state index contributed by atoms with van der Waals surface area (Å²) in [5.41, 5.74) is 1.78. The van der Waals surface area contributed by atoms with E-state index in [1.807, 2.05) is 36.4 Å². The van der Waals surface area contributed by atoms with Gasteiger partial charge < -0.3 is 5.32 Å². The van der Waals surface area contributed by atoms with Gasteiger partial charge in [0.25, 0.3) is 0 Å². The van der Waals surface area contributed by atoms with Gasteiger partial charge in [-0.1, -0.05) is 48.9 Å². The normalized spacial score (nSPS) is 19.2. The van der Waals surface area contributed by atoms with E-state index in [2.05, 4.69) is 10.2 Å². The van der Waals surface area contributed by atoms with Gasteiger partial charge in [0.2, 0.25) is 15.9 Å². The van der Waals surface area contributed by atoms with Gasteiger partial charge in [-0.2, -0.15) is 4.31 Å². The first-order valence-corrected chi connectivity index (χ1v) is 12.7. The Morgan fingerprint density at radius 1 is 0.871 bits per heavy atom. The van der Waals surface area contributed by atoms with Crippen LogP contribution >= 0.6 is 0 Å². The summed E-state index contributed by atoms with van der Waals surface area (Å²) in [7, 11) is -3.48. The second-order valence-corrected chi connectivity index (χ2v) is 10.3. The molecule has 2 heterocycles. The van der Waals surface area contributed by atoms with E-state index in [-0.39, 0.29) is 11.9 Å². The third kappa shape index (κ3) is 5.17. The monoisotopic (exact) mass is 441 g/mol. The summed E-state index contributed by atoms with van der Waals surface area (Å²) in [5, 5.41) is 3.04. The first-order valence-electron chi connectivity index (χ1n) is 11.2. The highest BCUT2D eigenvalue weighted by Crippen LogP contribution is 2.26. The molecule has 1 amide bonds. The summed E-state index contributed by atoms with van der Waals surface area (Å²) in [6, 6.07) is 16.5. The summed E-state index contributed by atoms with van der Waals surface area (Å²) >= 11 is 0. The largest absolute Gasteiger partial charge is 0.350 e. The summed E-state index contributed by atoms with van der Waals surface area (Å²) in [6.45, 7) is 3.29. The SMILES string of the molecule is O=C(NCc1cccc(S(=O)(=O)N2CCCCC2)c1)C(c1ccccc1)N1CCCC1. The number of amides is 1. The third-order valence-corrected chi connectivity index (χ3v) is 8.08. The molecule has 7 heteroatoms. The predicted molar refractivity (Wildman–Crippen MR) is 121 cm³/mol. The summed E-state index contributed by atoms with van der Waals surface area (Å²) in [6.07, 6.45) is 5.11. The maximum absolute atomic E-state index is 13.2. The van der Waals surface area contributed by atoms with Crippen molar-refractivity contribution in [3.63, 3.8) is 0 Å². The fourth-order valence-electron chi connectivity index (χ4n) is 4.52. The van der Waals surface area contributed by atoms with Crippen molar-refractivity contribution in [3.8, 4) is 0 Å². The Morgan fingerprint density at radius 2 is 1.55 bits per heavy atom. The van der Waals surface area contributed by atoms with Crippen LogP contribution in [0.15, 0.2) is 59.5 Å². The van der Waals surface area contributed by atoms with E-state index in [4.69, 9.17) is 0 Å². The van der Waals surface area contributed by atoms with Crippen LogP contribution in [-0.2, 0) is 21.4 Å². The number of hydrogen-bond donors (Lipinski definition) is 1. The van der Waals surface area contributed by atoms with Crippen molar-refractivity contribution in [2.45, 2.75) is 49.6 Å². The topological polar surface area (TPSA) is 69.7 Å². The van der Waals surface area contributed by atoms with E-state index in [1.165, 1.54) is 0 Å². The molecule has 2 aromatic rings. The van der Waals surface area contributed by atoms with Gasteiger partial charge in [-0.3, -0.25) is 9.69 Å². The Morgan fingerprint density at radius 3 is 2.26 bits per heavy atom. The molecule has 0 aliphatic carbocycles. The molecule has 0 aromatic heterocycles. The molecular formula is C24H31N3O3S. The number of sulfonamides is 1. The number of piperidine rings is 1. The first-order chi connectivity index (χ1) is 15.1. The molecule has 166 valence electrons. The van der Waals surface area contributed by atoms with Crippen molar-refractivity contribution in [1.82, 2.24) is 14.5 Å². The number of carbonyl (C=O) groups excluding carboxylic acids is 1. The molecule has 2 fully saturated rings. The van der Waals surface area contributed by atoms with Gasteiger partial charge in [0.05, 0.1) is 4.90 Å². The van der Waals surface area contributed by atoms with Crippen molar-refractivity contribution < 1.29 is 13.2 Å². The van der Waals surface area contributed by atoms with Gasteiger partial charge >= 0.3 is 0 Å². The van der Waals surface area contributed by atoms with Crippen molar-refractivity contribution in [3.05, 3.63) is 65.7 Å². The van der Waals surface area contributed by atoms with Crippen LogP contribution in [0.3, 0.4) is 0 Å². The molecule has 0 bridgehead atoms. The average Bonchev–Trinajstić information content (AvgIpc) is 3.34.